The molecule has 0 N–H and O–H groups in total. The number of fused-ring (bicyclic) bond motifs is 4. The molecule has 0 saturated heterocycles. The summed E-state index contributed by atoms with van der Waals surface area (Å²) >= 11 is 0. The fraction of sp³-hybridized carbons (Fsp3) is 0.379. The zero-order valence-electron chi connectivity index (χ0n) is 18.0. The lowest BCUT2D eigenvalue weighted by molar-refractivity contribution is 0.117. The molecule has 29 heavy (non-hydrogen) atoms. The Balaban J connectivity index is 1.70. The number of allylic oxidation sites excluding steroid dienone is 3. The van der Waals surface area contributed by atoms with Gasteiger partial charge in [-0.25, -0.2) is 0 Å². The maximum Gasteiger partial charge on any atom is -0.00179 e. The summed E-state index contributed by atoms with van der Waals surface area (Å²) in [6, 6.07) is 18.3. The highest BCUT2D eigenvalue weighted by molar-refractivity contribution is 5.76. The van der Waals surface area contributed by atoms with E-state index in [-0.39, 0.29) is 0 Å². The van der Waals surface area contributed by atoms with Crippen LogP contribution in [-0.4, -0.2) is 0 Å². The van der Waals surface area contributed by atoms with E-state index in [9.17, 15) is 0 Å². The summed E-state index contributed by atoms with van der Waals surface area (Å²) in [5.74, 6) is 3.52. The van der Waals surface area contributed by atoms with E-state index in [1.54, 1.807) is 0 Å². The number of hydrogen-bond acceptors (Lipinski definition) is 0. The van der Waals surface area contributed by atoms with E-state index in [0.29, 0.717) is 41.4 Å². The lowest BCUT2D eigenvalue weighted by Crippen LogP contribution is -2.44. The average Bonchev–Trinajstić information content (AvgIpc) is 3.02. The van der Waals surface area contributed by atoms with Gasteiger partial charge < -0.3 is 0 Å². The monoisotopic (exact) mass is 380 g/mol. The van der Waals surface area contributed by atoms with Crippen molar-refractivity contribution >= 4 is 5.57 Å². The first-order valence-corrected chi connectivity index (χ1v) is 11.1. The molecule has 148 valence electrons. The van der Waals surface area contributed by atoms with Crippen molar-refractivity contribution in [1.82, 2.24) is 0 Å². The van der Waals surface area contributed by atoms with E-state index in [4.69, 9.17) is 0 Å². The van der Waals surface area contributed by atoms with E-state index >= 15 is 0 Å². The van der Waals surface area contributed by atoms with Crippen LogP contribution in [0, 0.1) is 36.5 Å². The minimum atomic E-state index is 0.396. The van der Waals surface area contributed by atoms with Crippen molar-refractivity contribution in [3.8, 4) is 0 Å². The molecular weight excluding hydrogens is 348 g/mol. The molecule has 0 heteroatoms. The normalized spacial score (nSPS) is 35.8. The molecule has 0 aromatic heterocycles. The lowest BCUT2D eigenvalue weighted by Gasteiger charge is -2.53. The van der Waals surface area contributed by atoms with Crippen LogP contribution < -0.4 is 0 Å². The minimum Gasteiger partial charge on any atom is -0.0990 e. The highest BCUT2D eigenvalue weighted by Crippen LogP contribution is 2.65. The Morgan fingerprint density at radius 2 is 1.48 bits per heavy atom. The van der Waals surface area contributed by atoms with Gasteiger partial charge in [0.15, 0.2) is 0 Å². The number of aryl methyl sites for hydroxylation is 1. The second-order valence-electron chi connectivity index (χ2n) is 9.77. The topological polar surface area (TPSA) is 0 Å². The molecule has 7 atom stereocenters. The van der Waals surface area contributed by atoms with Crippen molar-refractivity contribution in [3.05, 3.63) is 102 Å². The van der Waals surface area contributed by atoms with Crippen molar-refractivity contribution < 1.29 is 0 Å². The molecule has 0 nitrogen and oxygen atoms in total. The summed E-state index contributed by atoms with van der Waals surface area (Å²) in [5, 5.41) is 0. The maximum atomic E-state index is 4.66. The lowest BCUT2D eigenvalue weighted by atomic mass is 9.50. The molecule has 0 heterocycles. The predicted molar refractivity (Wildman–Crippen MR) is 124 cm³/mol. The molecule has 7 unspecified atom stereocenters. The second kappa shape index (κ2) is 6.59. The van der Waals surface area contributed by atoms with E-state index in [2.05, 4.69) is 89.0 Å². The SMILES string of the molecule is C=C1C(C)C(=C)C2C(CC3c4ccccc4C(=C)C3C2c2ccc(C)cc2)C1C. The van der Waals surface area contributed by atoms with Crippen LogP contribution in [0.4, 0.5) is 0 Å². The van der Waals surface area contributed by atoms with Crippen LogP contribution in [0.1, 0.15) is 54.4 Å². The molecule has 0 spiro atoms. The van der Waals surface area contributed by atoms with E-state index in [0.717, 1.165) is 0 Å². The molecule has 0 aliphatic heterocycles. The van der Waals surface area contributed by atoms with Crippen molar-refractivity contribution in [2.24, 2.45) is 29.6 Å². The third-order valence-electron chi connectivity index (χ3n) is 8.53. The average molecular weight is 381 g/mol. The summed E-state index contributed by atoms with van der Waals surface area (Å²) in [5.41, 5.74) is 9.80. The molecule has 2 fully saturated rings. The van der Waals surface area contributed by atoms with Crippen molar-refractivity contribution in [2.45, 2.75) is 39.0 Å². The zero-order chi connectivity index (χ0) is 20.4. The number of benzene rings is 2. The van der Waals surface area contributed by atoms with Crippen LogP contribution in [0.25, 0.3) is 5.57 Å². The van der Waals surface area contributed by atoms with Gasteiger partial charge in [0.25, 0.3) is 0 Å². The molecule has 2 saturated carbocycles. The Kier molecular flexibility index (Phi) is 4.24. The van der Waals surface area contributed by atoms with E-state index < -0.39 is 0 Å². The standard InChI is InChI=1S/C29H32/c1-16-11-13-22(14-12-16)29-27-20(5)18(3)17(2)19(4)25(27)15-26-24-10-8-7-9-23(24)21(6)28(26)29/h7-14,18-19,25-29H,2,5-6,15H2,1,3-4H3. The summed E-state index contributed by atoms with van der Waals surface area (Å²) in [6.45, 7) is 20.7. The van der Waals surface area contributed by atoms with Crippen LogP contribution in [-0.2, 0) is 0 Å². The van der Waals surface area contributed by atoms with E-state index in [1.807, 2.05) is 0 Å². The summed E-state index contributed by atoms with van der Waals surface area (Å²) in [7, 11) is 0. The van der Waals surface area contributed by atoms with Gasteiger partial charge in [-0.1, -0.05) is 98.8 Å². The predicted octanol–water partition coefficient (Wildman–Crippen LogP) is 7.54. The molecule has 5 rings (SSSR count). The Morgan fingerprint density at radius 3 is 2.21 bits per heavy atom. The third kappa shape index (κ3) is 2.58. The van der Waals surface area contributed by atoms with Gasteiger partial charge in [-0.3, -0.25) is 0 Å². The van der Waals surface area contributed by atoms with Gasteiger partial charge in [-0.2, -0.15) is 0 Å². The Morgan fingerprint density at radius 1 is 0.793 bits per heavy atom. The Labute approximate surface area is 176 Å². The molecule has 0 bridgehead atoms. The van der Waals surface area contributed by atoms with Crippen LogP contribution in [0.5, 0.6) is 0 Å². The molecule has 3 aliphatic rings. The first kappa shape index (κ1) is 18.7. The van der Waals surface area contributed by atoms with Gasteiger partial charge in [0.2, 0.25) is 0 Å². The molecule has 3 aliphatic carbocycles. The summed E-state index contributed by atoms with van der Waals surface area (Å²) < 4.78 is 0. The quantitative estimate of drug-likeness (QED) is 0.448. The van der Waals surface area contributed by atoms with Gasteiger partial charge in [0.05, 0.1) is 0 Å². The maximum absolute atomic E-state index is 4.66. The Hall–Kier alpha value is -2.34. The smallest absolute Gasteiger partial charge is 0.00179 e. The highest BCUT2D eigenvalue weighted by atomic mass is 14.6. The number of rotatable bonds is 1. The van der Waals surface area contributed by atoms with Crippen LogP contribution in [0.3, 0.4) is 0 Å². The Bertz CT molecular complexity index is 1000. The van der Waals surface area contributed by atoms with Crippen LogP contribution >= 0.6 is 0 Å². The van der Waals surface area contributed by atoms with Crippen molar-refractivity contribution in [3.63, 3.8) is 0 Å². The van der Waals surface area contributed by atoms with Crippen molar-refractivity contribution in [1.29, 1.82) is 0 Å². The fourth-order valence-corrected chi connectivity index (χ4v) is 6.82. The minimum absolute atomic E-state index is 0.396. The zero-order valence-corrected chi connectivity index (χ0v) is 18.0. The van der Waals surface area contributed by atoms with Crippen LogP contribution in [0.2, 0.25) is 0 Å². The van der Waals surface area contributed by atoms with Crippen molar-refractivity contribution in [2.75, 3.05) is 0 Å². The molecule has 2 aromatic rings. The second-order valence-corrected chi connectivity index (χ2v) is 9.77. The number of hydrogen-bond donors (Lipinski definition) is 0. The van der Waals surface area contributed by atoms with Gasteiger partial charge in [0.1, 0.15) is 0 Å². The van der Waals surface area contributed by atoms with Crippen LogP contribution in [0.15, 0.2) is 79.4 Å². The van der Waals surface area contributed by atoms with Gasteiger partial charge in [0, 0.05) is 0 Å². The summed E-state index contributed by atoms with van der Waals surface area (Å²) in [6.07, 6.45) is 1.22. The first-order valence-electron chi connectivity index (χ1n) is 11.1. The third-order valence-corrected chi connectivity index (χ3v) is 8.53. The molecule has 2 aromatic carbocycles. The fourth-order valence-electron chi connectivity index (χ4n) is 6.82. The molecule has 0 amide bonds. The van der Waals surface area contributed by atoms with Gasteiger partial charge in [-0.05, 0) is 77.0 Å². The summed E-state index contributed by atoms with van der Waals surface area (Å²) in [4.78, 5) is 0. The first-order chi connectivity index (χ1) is 13.9. The highest BCUT2D eigenvalue weighted by Gasteiger charge is 2.54. The molecular formula is C29H32. The molecule has 0 radical (unpaired) electrons. The van der Waals surface area contributed by atoms with E-state index in [1.165, 1.54) is 45.4 Å². The largest absolute Gasteiger partial charge is 0.0990 e. The van der Waals surface area contributed by atoms with Gasteiger partial charge >= 0.3 is 0 Å². The van der Waals surface area contributed by atoms with Gasteiger partial charge in [-0.15, -0.1) is 0 Å².